The van der Waals surface area contributed by atoms with Crippen LogP contribution in [-0.2, 0) is 4.79 Å². The number of thioether (sulfide) groups is 1. The number of phenolic OH excluding ortho intramolecular Hbond substituents is 1. The van der Waals surface area contributed by atoms with Crippen molar-refractivity contribution >= 4 is 52.2 Å². The monoisotopic (exact) mass is 432 g/mol. The second kappa shape index (κ2) is 8.59. The SMILES string of the molecule is CCOc1cc(/C=C2\SC(=Nc3ccc(C(=O)O)cc3)N(C)C2=O)cc(Cl)c1O. The predicted molar refractivity (Wildman–Crippen MR) is 113 cm³/mol. The number of halogens is 1. The van der Waals surface area contributed by atoms with E-state index in [9.17, 15) is 14.7 Å². The summed E-state index contributed by atoms with van der Waals surface area (Å²) in [5.74, 6) is -1.16. The molecule has 150 valence electrons. The minimum Gasteiger partial charge on any atom is -0.503 e. The second-order valence-electron chi connectivity index (χ2n) is 6.00. The van der Waals surface area contributed by atoms with Crippen LogP contribution in [0.4, 0.5) is 5.69 Å². The number of amides is 1. The predicted octanol–water partition coefficient (Wildman–Crippen LogP) is 4.38. The zero-order chi connectivity index (χ0) is 21.1. The molecule has 1 heterocycles. The zero-order valence-electron chi connectivity index (χ0n) is 15.5. The number of amidine groups is 1. The van der Waals surface area contributed by atoms with Crippen LogP contribution in [0.2, 0.25) is 5.02 Å². The maximum Gasteiger partial charge on any atom is 0.335 e. The fraction of sp³-hybridized carbons (Fsp3) is 0.150. The fourth-order valence-electron chi connectivity index (χ4n) is 2.53. The molecular formula is C20H17ClN2O5S. The molecule has 0 atom stereocenters. The number of likely N-dealkylation sites (N-methyl/N-ethyl adjacent to an activating group) is 1. The molecule has 2 aromatic rings. The number of carbonyl (C=O) groups is 2. The topological polar surface area (TPSA) is 99.4 Å². The molecule has 1 amide bonds. The molecule has 0 aromatic heterocycles. The number of benzene rings is 2. The normalized spacial score (nSPS) is 16.7. The Balaban J connectivity index is 1.89. The lowest BCUT2D eigenvalue weighted by atomic mass is 10.2. The van der Waals surface area contributed by atoms with Gasteiger partial charge in [0.05, 0.1) is 27.8 Å². The van der Waals surface area contributed by atoms with Crippen molar-refractivity contribution in [2.75, 3.05) is 13.7 Å². The first-order chi connectivity index (χ1) is 13.8. The lowest BCUT2D eigenvalue weighted by molar-refractivity contribution is -0.121. The van der Waals surface area contributed by atoms with E-state index in [1.807, 2.05) is 0 Å². The molecule has 3 rings (SSSR count). The standard InChI is InChI=1S/C20H17ClN2O5S/c1-3-28-15-9-11(8-14(21)17(15)24)10-16-18(25)23(2)20(29-16)22-13-6-4-12(5-7-13)19(26)27/h4-10,24H,3H2,1-2H3,(H,26,27)/b16-10-,22-20?. The number of phenols is 1. The summed E-state index contributed by atoms with van der Waals surface area (Å²) >= 11 is 7.23. The van der Waals surface area contributed by atoms with Gasteiger partial charge in [0.1, 0.15) is 0 Å². The fourth-order valence-corrected chi connectivity index (χ4v) is 3.74. The van der Waals surface area contributed by atoms with Crippen molar-refractivity contribution in [2.45, 2.75) is 6.92 Å². The molecule has 2 aromatic carbocycles. The number of carboxylic acid groups (broad SMARTS) is 1. The minimum atomic E-state index is -1.02. The van der Waals surface area contributed by atoms with Crippen LogP contribution in [0.1, 0.15) is 22.8 Å². The Hall–Kier alpha value is -2.97. The number of aromatic carboxylic acids is 1. The third-order valence-corrected chi connectivity index (χ3v) is 5.34. The number of ether oxygens (including phenoxy) is 1. The molecule has 1 fully saturated rings. The lowest BCUT2D eigenvalue weighted by Gasteiger charge is -2.08. The van der Waals surface area contributed by atoms with Crippen molar-refractivity contribution in [3.8, 4) is 11.5 Å². The Bertz CT molecular complexity index is 1030. The van der Waals surface area contributed by atoms with Gasteiger partial charge in [-0.1, -0.05) is 11.6 Å². The summed E-state index contributed by atoms with van der Waals surface area (Å²) in [6.45, 7) is 2.15. The summed E-state index contributed by atoms with van der Waals surface area (Å²) < 4.78 is 5.37. The number of hydrogen-bond acceptors (Lipinski definition) is 6. The van der Waals surface area contributed by atoms with E-state index in [0.29, 0.717) is 27.9 Å². The van der Waals surface area contributed by atoms with Gasteiger partial charge >= 0.3 is 5.97 Å². The van der Waals surface area contributed by atoms with Gasteiger partial charge in [-0.15, -0.1) is 0 Å². The van der Waals surface area contributed by atoms with Crippen molar-refractivity contribution in [1.82, 2.24) is 4.90 Å². The first-order valence-corrected chi connectivity index (χ1v) is 9.74. The third kappa shape index (κ3) is 4.55. The Kier molecular flexibility index (Phi) is 6.14. The van der Waals surface area contributed by atoms with E-state index in [1.54, 1.807) is 44.3 Å². The molecule has 0 bridgehead atoms. The van der Waals surface area contributed by atoms with Gasteiger partial charge < -0.3 is 14.9 Å². The van der Waals surface area contributed by atoms with E-state index in [-0.39, 0.29) is 28.0 Å². The zero-order valence-corrected chi connectivity index (χ0v) is 17.1. The van der Waals surface area contributed by atoms with E-state index in [2.05, 4.69) is 4.99 Å². The van der Waals surface area contributed by atoms with Gasteiger partial charge in [0.2, 0.25) is 0 Å². The Morgan fingerprint density at radius 2 is 2.00 bits per heavy atom. The van der Waals surface area contributed by atoms with E-state index in [0.717, 1.165) is 0 Å². The molecule has 2 N–H and O–H groups in total. The Morgan fingerprint density at radius 3 is 2.62 bits per heavy atom. The molecule has 0 saturated carbocycles. The number of aliphatic imine (C=N–C) groups is 1. The van der Waals surface area contributed by atoms with Crippen molar-refractivity contribution in [2.24, 2.45) is 4.99 Å². The quantitative estimate of drug-likeness (QED) is 0.680. The molecule has 9 heteroatoms. The molecule has 0 spiro atoms. The molecule has 1 aliphatic rings. The molecule has 29 heavy (non-hydrogen) atoms. The first kappa shape index (κ1) is 20.8. The van der Waals surface area contributed by atoms with Crippen LogP contribution in [0, 0.1) is 0 Å². The van der Waals surface area contributed by atoms with Crippen LogP contribution in [0.25, 0.3) is 6.08 Å². The van der Waals surface area contributed by atoms with Crippen molar-refractivity contribution in [3.63, 3.8) is 0 Å². The molecule has 0 unspecified atom stereocenters. The number of carbonyl (C=O) groups excluding carboxylic acids is 1. The molecule has 1 saturated heterocycles. The number of nitrogens with zero attached hydrogens (tertiary/aromatic N) is 2. The molecule has 7 nitrogen and oxygen atoms in total. The summed E-state index contributed by atoms with van der Waals surface area (Å²) in [4.78, 5) is 29.8. The number of carboxylic acids is 1. The molecular weight excluding hydrogens is 416 g/mol. The highest BCUT2D eigenvalue weighted by atomic mass is 35.5. The highest BCUT2D eigenvalue weighted by molar-refractivity contribution is 8.18. The van der Waals surface area contributed by atoms with Gasteiger partial charge in [-0.05, 0) is 66.7 Å². The van der Waals surface area contributed by atoms with Crippen LogP contribution >= 0.6 is 23.4 Å². The molecule has 0 aliphatic carbocycles. The molecule has 0 radical (unpaired) electrons. The van der Waals surface area contributed by atoms with Gasteiger partial charge in [0.15, 0.2) is 16.7 Å². The van der Waals surface area contributed by atoms with Crippen LogP contribution in [0.15, 0.2) is 46.3 Å². The van der Waals surface area contributed by atoms with Crippen LogP contribution < -0.4 is 4.74 Å². The summed E-state index contributed by atoms with van der Waals surface area (Å²) in [7, 11) is 1.61. The van der Waals surface area contributed by atoms with Crippen LogP contribution in [0.5, 0.6) is 11.5 Å². The largest absolute Gasteiger partial charge is 0.503 e. The van der Waals surface area contributed by atoms with Gasteiger partial charge in [-0.25, -0.2) is 9.79 Å². The number of hydrogen-bond donors (Lipinski definition) is 2. The second-order valence-corrected chi connectivity index (χ2v) is 7.42. The van der Waals surface area contributed by atoms with E-state index >= 15 is 0 Å². The first-order valence-electron chi connectivity index (χ1n) is 8.55. The highest BCUT2D eigenvalue weighted by Gasteiger charge is 2.30. The average molecular weight is 433 g/mol. The smallest absolute Gasteiger partial charge is 0.335 e. The summed E-state index contributed by atoms with van der Waals surface area (Å²) in [6, 6.07) is 9.20. The van der Waals surface area contributed by atoms with Crippen molar-refractivity contribution in [1.29, 1.82) is 0 Å². The van der Waals surface area contributed by atoms with E-state index in [1.165, 1.54) is 28.8 Å². The van der Waals surface area contributed by atoms with Crippen molar-refractivity contribution < 1.29 is 24.5 Å². The highest BCUT2D eigenvalue weighted by Crippen LogP contribution is 2.38. The summed E-state index contributed by atoms with van der Waals surface area (Å²) in [6.07, 6.45) is 1.65. The number of rotatable bonds is 5. The minimum absolute atomic E-state index is 0.124. The van der Waals surface area contributed by atoms with Crippen LogP contribution in [-0.4, -0.2) is 45.8 Å². The number of aromatic hydroxyl groups is 1. The van der Waals surface area contributed by atoms with E-state index in [4.69, 9.17) is 21.4 Å². The Morgan fingerprint density at radius 1 is 1.31 bits per heavy atom. The van der Waals surface area contributed by atoms with Gasteiger partial charge in [-0.2, -0.15) is 0 Å². The summed E-state index contributed by atoms with van der Waals surface area (Å²) in [5.41, 5.74) is 1.30. The average Bonchev–Trinajstić information content (AvgIpc) is 2.94. The maximum atomic E-state index is 12.6. The van der Waals surface area contributed by atoms with Crippen molar-refractivity contribution in [3.05, 3.63) is 57.5 Å². The van der Waals surface area contributed by atoms with Gasteiger partial charge in [-0.3, -0.25) is 9.69 Å². The van der Waals surface area contributed by atoms with Gasteiger partial charge in [0.25, 0.3) is 5.91 Å². The maximum absolute atomic E-state index is 12.6. The summed E-state index contributed by atoms with van der Waals surface area (Å²) in [5, 5.41) is 19.5. The van der Waals surface area contributed by atoms with E-state index < -0.39 is 5.97 Å². The van der Waals surface area contributed by atoms with Gasteiger partial charge in [0, 0.05) is 7.05 Å². The molecule has 1 aliphatic heterocycles. The van der Waals surface area contributed by atoms with Crippen LogP contribution in [0.3, 0.4) is 0 Å². The lowest BCUT2D eigenvalue weighted by Crippen LogP contribution is -2.23. The third-order valence-electron chi connectivity index (χ3n) is 3.99. The Labute approximate surface area is 176 Å².